The van der Waals surface area contributed by atoms with E-state index < -0.39 is 0 Å². The van der Waals surface area contributed by atoms with Crippen molar-refractivity contribution < 1.29 is 4.79 Å². The number of rotatable bonds is 3. The van der Waals surface area contributed by atoms with E-state index in [1.807, 2.05) is 7.05 Å². The first kappa shape index (κ1) is 11.1. The fourth-order valence-electron chi connectivity index (χ4n) is 1.34. The van der Waals surface area contributed by atoms with Crippen molar-refractivity contribution >= 4 is 11.6 Å². The Balaban J connectivity index is 2.04. The maximum Gasteiger partial charge on any atom is 0.253 e. The molecule has 7 nitrogen and oxygen atoms in total. The molecule has 0 spiro atoms. The van der Waals surface area contributed by atoms with E-state index in [1.165, 1.54) is 12.4 Å². The Morgan fingerprint density at radius 3 is 3.06 bits per heavy atom. The number of pyridine rings is 1. The van der Waals surface area contributed by atoms with Crippen LogP contribution in [0.5, 0.6) is 0 Å². The van der Waals surface area contributed by atoms with Gasteiger partial charge in [-0.3, -0.25) is 9.78 Å². The molecule has 0 aliphatic carbocycles. The first-order chi connectivity index (χ1) is 8.18. The van der Waals surface area contributed by atoms with Gasteiger partial charge in [-0.15, -0.1) is 10.2 Å². The van der Waals surface area contributed by atoms with Gasteiger partial charge in [0.15, 0.2) is 5.82 Å². The predicted octanol–water partition coefficient (Wildman–Crippen LogP) is -0.278. The lowest BCUT2D eigenvalue weighted by molar-refractivity contribution is 0.0950. The summed E-state index contributed by atoms with van der Waals surface area (Å²) in [5.74, 6) is 0.416. The highest BCUT2D eigenvalue weighted by Gasteiger charge is 2.10. The van der Waals surface area contributed by atoms with Gasteiger partial charge < -0.3 is 15.6 Å². The van der Waals surface area contributed by atoms with E-state index >= 15 is 0 Å². The molecule has 0 aromatic carbocycles. The summed E-state index contributed by atoms with van der Waals surface area (Å²) >= 11 is 0. The summed E-state index contributed by atoms with van der Waals surface area (Å²) in [7, 11) is 1.81. The summed E-state index contributed by atoms with van der Waals surface area (Å²) in [4.78, 5) is 15.6. The quantitative estimate of drug-likeness (QED) is 0.758. The fraction of sp³-hybridized carbons (Fsp3) is 0.200. The molecule has 0 atom stereocenters. The van der Waals surface area contributed by atoms with Gasteiger partial charge in [0.1, 0.15) is 6.33 Å². The van der Waals surface area contributed by atoms with Crippen LogP contribution in [0, 0.1) is 0 Å². The largest absolute Gasteiger partial charge is 0.397 e. The molecule has 0 saturated carbocycles. The number of anilines is 1. The molecule has 2 rings (SSSR count). The smallest absolute Gasteiger partial charge is 0.253 e. The third-order valence-corrected chi connectivity index (χ3v) is 2.31. The van der Waals surface area contributed by atoms with Gasteiger partial charge in [0.25, 0.3) is 5.91 Å². The topological polar surface area (TPSA) is 98.7 Å². The summed E-state index contributed by atoms with van der Waals surface area (Å²) in [6.07, 6.45) is 4.53. The average molecular weight is 232 g/mol. The molecule has 0 aliphatic heterocycles. The van der Waals surface area contributed by atoms with Crippen molar-refractivity contribution in [2.24, 2.45) is 7.05 Å². The van der Waals surface area contributed by atoms with Crippen LogP contribution in [0.4, 0.5) is 5.69 Å². The van der Waals surface area contributed by atoms with Crippen molar-refractivity contribution in [3.05, 3.63) is 36.2 Å². The number of nitrogen functional groups attached to an aromatic ring is 1. The van der Waals surface area contributed by atoms with Crippen LogP contribution < -0.4 is 11.1 Å². The SMILES string of the molecule is Cn1cnnc1CNC(=O)c1ccncc1N. The molecule has 2 aromatic rings. The summed E-state index contributed by atoms with van der Waals surface area (Å²) in [6, 6.07) is 1.57. The van der Waals surface area contributed by atoms with E-state index in [2.05, 4.69) is 20.5 Å². The predicted molar refractivity (Wildman–Crippen MR) is 60.8 cm³/mol. The fourth-order valence-corrected chi connectivity index (χ4v) is 1.34. The number of nitrogens with zero attached hydrogens (tertiary/aromatic N) is 4. The van der Waals surface area contributed by atoms with E-state index in [0.717, 1.165) is 0 Å². The Morgan fingerprint density at radius 1 is 1.59 bits per heavy atom. The van der Waals surface area contributed by atoms with Gasteiger partial charge >= 0.3 is 0 Å². The monoisotopic (exact) mass is 232 g/mol. The van der Waals surface area contributed by atoms with Crippen LogP contribution in [0.25, 0.3) is 0 Å². The third-order valence-electron chi connectivity index (χ3n) is 2.31. The summed E-state index contributed by atoms with van der Waals surface area (Å²) in [5, 5.41) is 10.3. The Kier molecular flexibility index (Phi) is 2.99. The molecule has 0 bridgehead atoms. The second-order valence-electron chi connectivity index (χ2n) is 3.50. The van der Waals surface area contributed by atoms with Gasteiger partial charge in [-0.25, -0.2) is 0 Å². The van der Waals surface area contributed by atoms with Crippen LogP contribution in [-0.4, -0.2) is 25.7 Å². The number of hydrogen-bond donors (Lipinski definition) is 2. The van der Waals surface area contributed by atoms with Crippen LogP contribution in [0.15, 0.2) is 24.8 Å². The van der Waals surface area contributed by atoms with Crippen molar-refractivity contribution in [3.63, 3.8) is 0 Å². The highest BCUT2D eigenvalue weighted by Crippen LogP contribution is 2.08. The molecule has 1 amide bonds. The van der Waals surface area contributed by atoms with Crippen molar-refractivity contribution in [1.82, 2.24) is 25.1 Å². The summed E-state index contributed by atoms with van der Waals surface area (Å²) in [6.45, 7) is 0.303. The molecule has 17 heavy (non-hydrogen) atoms. The van der Waals surface area contributed by atoms with Gasteiger partial charge in [0.2, 0.25) is 0 Å². The Labute approximate surface area is 97.7 Å². The normalized spacial score (nSPS) is 10.2. The maximum absolute atomic E-state index is 11.8. The molecule has 88 valence electrons. The number of hydrogen-bond acceptors (Lipinski definition) is 5. The zero-order valence-electron chi connectivity index (χ0n) is 9.29. The summed E-state index contributed by atoms with van der Waals surface area (Å²) in [5.41, 5.74) is 6.40. The van der Waals surface area contributed by atoms with Crippen molar-refractivity contribution in [1.29, 1.82) is 0 Å². The van der Waals surface area contributed by atoms with Gasteiger partial charge in [-0.2, -0.15) is 0 Å². The number of amides is 1. The Morgan fingerprint density at radius 2 is 2.41 bits per heavy atom. The van der Waals surface area contributed by atoms with Crippen molar-refractivity contribution in [2.45, 2.75) is 6.54 Å². The number of nitrogens with one attached hydrogen (secondary N) is 1. The molecule has 0 saturated heterocycles. The van der Waals surface area contributed by atoms with Crippen LogP contribution in [-0.2, 0) is 13.6 Å². The number of aryl methyl sites for hydroxylation is 1. The van der Waals surface area contributed by atoms with E-state index in [-0.39, 0.29) is 5.91 Å². The average Bonchev–Trinajstić information content (AvgIpc) is 2.72. The van der Waals surface area contributed by atoms with Crippen molar-refractivity contribution in [3.8, 4) is 0 Å². The van der Waals surface area contributed by atoms with Gasteiger partial charge in [0.05, 0.1) is 24.0 Å². The van der Waals surface area contributed by atoms with E-state index in [4.69, 9.17) is 5.73 Å². The molecule has 3 N–H and O–H groups in total. The van der Waals surface area contributed by atoms with Crippen LogP contribution in [0.1, 0.15) is 16.2 Å². The second-order valence-corrected chi connectivity index (χ2v) is 3.50. The third kappa shape index (κ3) is 2.39. The minimum atomic E-state index is -0.257. The molecule has 0 aliphatic rings. The minimum absolute atomic E-state index is 0.257. The molecule has 2 aromatic heterocycles. The number of carbonyl (C=O) groups excluding carboxylic acids is 1. The molecule has 2 heterocycles. The lowest BCUT2D eigenvalue weighted by Crippen LogP contribution is -2.25. The first-order valence-electron chi connectivity index (χ1n) is 4.99. The van der Waals surface area contributed by atoms with E-state index in [1.54, 1.807) is 17.0 Å². The lowest BCUT2D eigenvalue weighted by atomic mass is 10.2. The zero-order chi connectivity index (χ0) is 12.3. The standard InChI is InChI=1S/C10H12N6O/c1-16-6-14-15-9(16)5-13-10(17)7-2-3-12-4-8(7)11/h2-4,6H,5,11H2,1H3,(H,13,17). The zero-order valence-corrected chi connectivity index (χ0v) is 9.29. The molecule has 7 heteroatoms. The van der Waals surface area contributed by atoms with E-state index in [0.29, 0.717) is 23.6 Å². The highest BCUT2D eigenvalue weighted by molar-refractivity contribution is 5.98. The molecular formula is C10H12N6O. The minimum Gasteiger partial charge on any atom is -0.397 e. The lowest BCUT2D eigenvalue weighted by Gasteiger charge is -2.06. The number of carbonyl (C=O) groups is 1. The van der Waals surface area contributed by atoms with Crippen LogP contribution in [0.3, 0.4) is 0 Å². The van der Waals surface area contributed by atoms with E-state index in [9.17, 15) is 4.79 Å². The van der Waals surface area contributed by atoms with Gasteiger partial charge in [-0.1, -0.05) is 0 Å². The highest BCUT2D eigenvalue weighted by atomic mass is 16.1. The van der Waals surface area contributed by atoms with Crippen LogP contribution in [0.2, 0.25) is 0 Å². The van der Waals surface area contributed by atoms with Crippen molar-refractivity contribution in [2.75, 3.05) is 5.73 Å². The number of nitrogens with two attached hydrogens (primary N) is 1. The Bertz CT molecular complexity index is 535. The van der Waals surface area contributed by atoms with Gasteiger partial charge in [-0.05, 0) is 6.07 Å². The maximum atomic E-state index is 11.8. The number of aromatic nitrogens is 4. The molecule has 0 unspecified atom stereocenters. The first-order valence-corrected chi connectivity index (χ1v) is 4.99. The molecule has 0 radical (unpaired) electrons. The van der Waals surface area contributed by atoms with Crippen LogP contribution >= 0.6 is 0 Å². The summed E-state index contributed by atoms with van der Waals surface area (Å²) < 4.78 is 1.73. The second kappa shape index (κ2) is 4.60. The Hall–Kier alpha value is -2.44. The molecule has 0 fully saturated rings. The molecular weight excluding hydrogens is 220 g/mol. The van der Waals surface area contributed by atoms with Gasteiger partial charge in [0, 0.05) is 13.2 Å².